The van der Waals surface area contributed by atoms with E-state index in [1.54, 1.807) is 24.3 Å². The van der Waals surface area contributed by atoms with Gasteiger partial charge in [0.15, 0.2) is 0 Å². The van der Waals surface area contributed by atoms with Crippen molar-refractivity contribution in [1.82, 2.24) is 0 Å². The van der Waals surface area contributed by atoms with Crippen molar-refractivity contribution in [1.29, 1.82) is 0 Å². The van der Waals surface area contributed by atoms with E-state index in [-0.39, 0.29) is 6.61 Å². The molecule has 0 bridgehead atoms. The molecule has 6 nitrogen and oxygen atoms in total. The van der Waals surface area contributed by atoms with Crippen LogP contribution < -0.4 is 0 Å². The van der Waals surface area contributed by atoms with Crippen LogP contribution in [-0.4, -0.2) is 18.7 Å². The Balaban J connectivity index is 2.32. The van der Waals surface area contributed by atoms with Crippen LogP contribution in [-0.2, 0) is 26.0 Å². The second-order valence-electron chi connectivity index (χ2n) is 3.67. The highest BCUT2D eigenvalue weighted by atomic mass is 17.5. The Morgan fingerprint density at radius 1 is 1.05 bits per heavy atom. The number of hydrogen-bond acceptors (Lipinski definition) is 6. The molecule has 0 amide bonds. The lowest BCUT2D eigenvalue weighted by molar-refractivity contribution is -0.452. The van der Waals surface area contributed by atoms with Crippen LogP contribution in [0.2, 0.25) is 0 Å². The Bertz CT molecular complexity index is 412. The van der Waals surface area contributed by atoms with Gasteiger partial charge in [-0.3, -0.25) is 4.89 Å². The van der Waals surface area contributed by atoms with Gasteiger partial charge in [0.25, 0.3) is 0 Å². The van der Waals surface area contributed by atoms with Crippen LogP contribution in [0.25, 0.3) is 0 Å². The second-order valence-corrected chi connectivity index (χ2v) is 3.67. The normalized spacial score (nSPS) is 9.79. The molecule has 0 fully saturated rings. The molecule has 0 N–H and O–H groups in total. The maximum atomic E-state index is 11.5. The van der Waals surface area contributed by atoms with Crippen molar-refractivity contribution in [3.63, 3.8) is 0 Å². The molecule has 0 aliphatic carbocycles. The van der Waals surface area contributed by atoms with E-state index in [4.69, 9.17) is 0 Å². The number of benzene rings is 1. The van der Waals surface area contributed by atoms with Crippen molar-refractivity contribution in [3.8, 4) is 0 Å². The summed E-state index contributed by atoms with van der Waals surface area (Å²) in [4.78, 5) is 30.7. The highest BCUT2D eigenvalue weighted by Gasteiger charge is 2.11. The Morgan fingerprint density at radius 3 is 2.32 bits per heavy atom. The number of rotatable bonds is 6. The van der Waals surface area contributed by atoms with E-state index in [0.717, 1.165) is 12.0 Å². The van der Waals surface area contributed by atoms with Gasteiger partial charge in [-0.15, -0.1) is 0 Å². The van der Waals surface area contributed by atoms with Gasteiger partial charge in [0.1, 0.15) is 0 Å². The van der Waals surface area contributed by atoms with Gasteiger partial charge in [-0.05, 0) is 30.5 Å². The van der Waals surface area contributed by atoms with Crippen molar-refractivity contribution in [3.05, 3.63) is 35.4 Å². The predicted molar refractivity (Wildman–Crippen MR) is 65.0 cm³/mol. The maximum Gasteiger partial charge on any atom is 0.543 e. The zero-order valence-corrected chi connectivity index (χ0v) is 10.9. The lowest BCUT2D eigenvalue weighted by Gasteiger charge is -2.03. The Hall–Kier alpha value is -2.08. The minimum atomic E-state index is -1.06. The molecular weight excluding hydrogens is 252 g/mol. The summed E-state index contributed by atoms with van der Waals surface area (Å²) in [6.07, 6.45) is 0.465. The predicted octanol–water partition coefficient (Wildman–Crippen LogP) is 2.82. The van der Waals surface area contributed by atoms with E-state index in [1.165, 1.54) is 0 Å². The van der Waals surface area contributed by atoms with E-state index in [1.807, 2.05) is 13.8 Å². The quantitative estimate of drug-likeness (QED) is 0.449. The first-order valence-electron chi connectivity index (χ1n) is 5.98. The van der Waals surface area contributed by atoms with Crippen molar-refractivity contribution in [2.45, 2.75) is 26.7 Å². The molecule has 19 heavy (non-hydrogen) atoms. The molecule has 1 rings (SSSR count). The molecule has 0 aliphatic heterocycles. The fraction of sp³-hybridized carbons (Fsp3) is 0.385. The average molecular weight is 268 g/mol. The van der Waals surface area contributed by atoms with E-state index >= 15 is 0 Å². The van der Waals surface area contributed by atoms with E-state index in [9.17, 15) is 9.59 Å². The first kappa shape index (κ1) is 15.0. The molecule has 104 valence electrons. The summed E-state index contributed by atoms with van der Waals surface area (Å²) in [7, 11) is 0. The number of carbonyl (C=O) groups is 2. The third kappa shape index (κ3) is 5.39. The molecule has 0 heterocycles. The van der Waals surface area contributed by atoms with Crippen LogP contribution in [0.5, 0.6) is 0 Å². The third-order valence-electron chi connectivity index (χ3n) is 2.23. The van der Waals surface area contributed by atoms with Crippen LogP contribution >= 0.6 is 0 Å². The van der Waals surface area contributed by atoms with Gasteiger partial charge in [-0.2, -0.15) is 0 Å². The van der Waals surface area contributed by atoms with Gasteiger partial charge in [0, 0.05) is 0 Å². The summed E-state index contributed by atoms with van der Waals surface area (Å²) in [5.41, 5.74) is 1.39. The Labute approximate surface area is 111 Å². The van der Waals surface area contributed by atoms with Gasteiger partial charge in [-0.1, -0.05) is 26.0 Å². The van der Waals surface area contributed by atoms with E-state index in [2.05, 4.69) is 19.6 Å². The summed E-state index contributed by atoms with van der Waals surface area (Å²) >= 11 is 0. The number of hydrogen-bond donors (Lipinski definition) is 0. The molecule has 0 saturated heterocycles. The van der Waals surface area contributed by atoms with E-state index < -0.39 is 12.1 Å². The summed E-state index contributed by atoms with van der Waals surface area (Å²) in [5.74, 6) is -0.758. The largest absolute Gasteiger partial charge is 0.543 e. The monoisotopic (exact) mass is 268 g/mol. The minimum absolute atomic E-state index is 0.203. The smallest absolute Gasteiger partial charge is 0.432 e. The minimum Gasteiger partial charge on any atom is -0.432 e. The lowest BCUT2D eigenvalue weighted by Crippen LogP contribution is -2.12. The Kier molecular flexibility index (Phi) is 6.38. The SMILES string of the molecule is CCCOC(=O)OOOC(=O)c1ccc(CC)cc1. The first-order valence-corrected chi connectivity index (χ1v) is 5.98. The highest BCUT2D eigenvalue weighted by Crippen LogP contribution is 2.07. The molecule has 0 radical (unpaired) electrons. The van der Waals surface area contributed by atoms with Gasteiger partial charge >= 0.3 is 12.1 Å². The third-order valence-corrected chi connectivity index (χ3v) is 2.23. The van der Waals surface area contributed by atoms with Crippen molar-refractivity contribution in [2.75, 3.05) is 6.61 Å². The summed E-state index contributed by atoms with van der Waals surface area (Å²) in [6, 6.07) is 6.79. The molecule has 0 unspecified atom stereocenters. The van der Waals surface area contributed by atoms with Crippen molar-refractivity contribution >= 4 is 12.1 Å². The van der Waals surface area contributed by atoms with Crippen LogP contribution in [0.3, 0.4) is 0 Å². The van der Waals surface area contributed by atoms with Gasteiger partial charge in [0.2, 0.25) is 0 Å². The summed E-state index contributed by atoms with van der Waals surface area (Å²) in [5, 5.41) is 4.04. The second kappa shape index (κ2) is 8.10. The molecule has 0 spiro atoms. The summed E-state index contributed by atoms with van der Waals surface area (Å²) < 4.78 is 4.53. The number of carbonyl (C=O) groups excluding carboxylic acids is 2. The molecule has 0 aromatic heterocycles. The molecule has 0 saturated carbocycles. The molecule has 0 atom stereocenters. The van der Waals surface area contributed by atoms with Crippen molar-refractivity contribution < 1.29 is 29.1 Å². The standard InChI is InChI=1S/C13H16O6/c1-3-9-16-13(15)18-19-17-12(14)11-7-5-10(4-2)6-8-11/h5-8H,3-4,9H2,1-2H3. The number of aryl methyl sites for hydroxylation is 1. The fourth-order valence-electron chi connectivity index (χ4n) is 1.21. The molecule has 1 aromatic rings. The molecule has 6 heteroatoms. The lowest BCUT2D eigenvalue weighted by atomic mass is 10.1. The zero-order chi connectivity index (χ0) is 14.1. The van der Waals surface area contributed by atoms with Gasteiger partial charge in [-0.25, -0.2) is 14.5 Å². The zero-order valence-electron chi connectivity index (χ0n) is 10.9. The molecule has 1 aromatic carbocycles. The number of ether oxygens (including phenoxy) is 1. The Morgan fingerprint density at radius 2 is 1.74 bits per heavy atom. The first-order chi connectivity index (χ1) is 9.17. The van der Waals surface area contributed by atoms with E-state index in [0.29, 0.717) is 12.0 Å². The maximum absolute atomic E-state index is 11.5. The molecule has 0 aliphatic rings. The van der Waals surface area contributed by atoms with Crippen molar-refractivity contribution in [2.24, 2.45) is 0 Å². The van der Waals surface area contributed by atoms with Gasteiger partial charge in [0.05, 0.1) is 17.2 Å². The fourth-order valence-corrected chi connectivity index (χ4v) is 1.21. The van der Waals surface area contributed by atoms with Crippen LogP contribution in [0.4, 0.5) is 4.79 Å². The van der Waals surface area contributed by atoms with Crippen LogP contribution in [0.15, 0.2) is 24.3 Å². The average Bonchev–Trinajstić information content (AvgIpc) is 2.45. The molecular formula is C13H16O6. The van der Waals surface area contributed by atoms with Crippen LogP contribution in [0, 0.1) is 0 Å². The van der Waals surface area contributed by atoms with Crippen LogP contribution in [0.1, 0.15) is 36.2 Å². The highest BCUT2D eigenvalue weighted by molar-refractivity contribution is 5.88. The van der Waals surface area contributed by atoms with Gasteiger partial charge < -0.3 is 4.74 Å². The summed E-state index contributed by atoms with van der Waals surface area (Å²) in [6.45, 7) is 4.04. The topological polar surface area (TPSA) is 71.1 Å².